The number of hydrogen-bond acceptors (Lipinski definition) is 5. The molecule has 0 spiro atoms. The number of methoxy groups -OCH3 is 1. The summed E-state index contributed by atoms with van der Waals surface area (Å²) in [5.41, 5.74) is 1.30. The first kappa shape index (κ1) is 22.3. The molecular weight excluding hydrogens is 420 g/mol. The van der Waals surface area contributed by atoms with Crippen molar-refractivity contribution in [3.8, 4) is 5.75 Å². The van der Waals surface area contributed by atoms with Crippen LogP contribution in [0.15, 0.2) is 71.7 Å². The van der Waals surface area contributed by atoms with Gasteiger partial charge in [-0.25, -0.2) is 4.79 Å². The van der Waals surface area contributed by atoms with Gasteiger partial charge in [-0.2, -0.15) is 0 Å². The first-order valence-electron chi connectivity index (χ1n) is 10.9. The molecule has 0 fully saturated rings. The first-order valence-corrected chi connectivity index (χ1v) is 10.9. The van der Waals surface area contributed by atoms with E-state index in [9.17, 15) is 14.4 Å². The third-order valence-electron chi connectivity index (χ3n) is 5.83. The van der Waals surface area contributed by atoms with Gasteiger partial charge in [0.15, 0.2) is 11.4 Å². The molecule has 0 bridgehead atoms. The Labute approximate surface area is 192 Å². The summed E-state index contributed by atoms with van der Waals surface area (Å²) in [6, 6.07) is 19.1. The Morgan fingerprint density at radius 2 is 1.64 bits per heavy atom. The topological polar surface area (TPSA) is 77.8 Å². The maximum absolute atomic E-state index is 13.4. The second kappa shape index (κ2) is 9.73. The van der Waals surface area contributed by atoms with Gasteiger partial charge in [0.05, 0.1) is 13.2 Å². The molecule has 170 valence electrons. The summed E-state index contributed by atoms with van der Waals surface area (Å²) >= 11 is 0. The predicted molar refractivity (Wildman–Crippen MR) is 124 cm³/mol. The van der Waals surface area contributed by atoms with Gasteiger partial charge in [-0.3, -0.25) is 9.59 Å². The molecule has 2 aromatic carbocycles. The molecule has 0 aliphatic carbocycles. The Balaban J connectivity index is 1.85. The van der Waals surface area contributed by atoms with Crippen molar-refractivity contribution in [2.75, 3.05) is 20.2 Å². The van der Waals surface area contributed by atoms with Gasteiger partial charge in [0.1, 0.15) is 12.2 Å². The Hall–Kier alpha value is -3.87. The van der Waals surface area contributed by atoms with Gasteiger partial charge in [0.25, 0.3) is 5.91 Å². The van der Waals surface area contributed by atoms with Crippen LogP contribution >= 0.6 is 0 Å². The molecule has 4 rings (SSSR count). The van der Waals surface area contributed by atoms with Crippen LogP contribution < -0.4 is 10.2 Å². The Kier molecular flexibility index (Phi) is 6.58. The minimum absolute atomic E-state index is 0.0937. The SMILES string of the molecule is CCN1CC(Cc2ccccc2)n2cc(C(=O)OC)c(=O)c(OCc3ccccc3)c2C1=O. The van der Waals surface area contributed by atoms with Gasteiger partial charge in [-0.1, -0.05) is 60.7 Å². The fraction of sp³-hybridized carbons (Fsp3) is 0.269. The van der Waals surface area contributed by atoms with E-state index >= 15 is 0 Å². The van der Waals surface area contributed by atoms with Crippen molar-refractivity contribution in [3.05, 3.63) is 99.5 Å². The smallest absolute Gasteiger partial charge is 0.343 e. The minimum atomic E-state index is -0.760. The van der Waals surface area contributed by atoms with E-state index in [-0.39, 0.29) is 35.6 Å². The summed E-state index contributed by atoms with van der Waals surface area (Å²) < 4.78 is 12.5. The monoisotopic (exact) mass is 446 g/mol. The summed E-state index contributed by atoms with van der Waals surface area (Å²) in [5, 5.41) is 0. The number of ether oxygens (including phenoxy) is 2. The van der Waals surface area contributed by atoms with E-state index in [0.717, 1.165) is 11.1 Å². The molecule has 0 saturated carbocycles. The lowest BCUT2D eigenvalue weighted by Gasteiger charge is -2.36. The number of nitrogens with zero attached hydrogens (tertiary/aromatic N) is 2. The van der Waals surface area contributed by atoms with Crippen molar-refractivity contribution in [3.63, 3.8) is 0 Å². The minimum Gasteiger partial charge on any atom is -0.483 e. The molecule has 1 atom stereocenters. The number of esters is 1. The van der Waals surface area contributed by atoms with Crippen LogP contribution in [0.5, 0.6) is 5.75 Å². The summed E-state index contributed by atoms with van der Waals surface area (Å²) in [5.74, 6) is -1.18. The lowest BCUT2D eigenvalue weighted by atomic mass is 10.0. The molecule has 7 heteroatoms. The number of fused-ring (bicyclic) bond motifs is 1. The molecule has 0 N–H and O–H groups in total. The predicted octanol–water partition coefficient (Wildman–Crippen LogP) is 3.47. The Bertz CT molecular complexity index is 1200. The molecule has 2 heterocycles. The van der Waals surface area contributed by atoms with Crippen molar-refractivity contribution < 1.29 is 19.1 Å². The summed E-state index contributed by atoms with van der Waals surface area (Å²) in [6.07, 6.45) is 2.07. The van der Waals surface area contributed by atoms with E-state index in [0.29, 0.717) is 19.5 Å². The van der Waals surface area contributed by atoms with Crippen molar-refractivity contribution in [2.24, 2.45) is 0 Å². The zero-order chi connectivity index (χ0) is 23.4. The van der Waals surface area contributed by atoms with Gasteiger partial charge in [-0.15, -0.1) is 0 Å². The number of hydrogen-bond donors (Lipinski definition) is 0. The van der Waals surface area contributed by atoms with Gasteiger partial charge < -0.3 is 18.9 Å². The number of pyridine rings is 1. The second-order valence-corrected chi connectivity index (χ2v) is 7.91. The third kappa shape index (κ3) is 4.53. The highest BCUT2D eigenvalue weighted by Crippen LogP contribution is 2.30. The highest BCUT2D eigenvalue weighted by atomic mass is 16.5. The van der Waals surface area contributed by atoms with Crippen LogP contribution in [0, 0.1) is 0 Å². The summed E-state index contributed by atoms with van der Waals surface area (Å²) in [7, 11) is 1.22. The zero-order valence-corrected chi connectivity index (χ0v) is 18.7. The van der Waals surface area contributed by atoms with E-state index in [1.807, 2.05) is 67.6 Å². The molecule has 1 aliphatic rings. The van der Waals surface area contributed by atoms with E-state index in [1.165, 1.54) is 13.3 Å². The number of carbonyl (C=O) groups is 2. The van der Waals surface area contributed by atoms with Crippen LogP contribution in [0.2, 0.25) is 0 Å². The van der Waals surface area contributed by atoms with Crippen molar-refractivity contribution in [2.45, 2.75) is 26.0 Å². The van der Waals surface area contributed by atoms with E-state index in [1.54, 1.807) is 9.47 Å². The first-order chi connectivity index (χ1) is 16.0. The fourth-order valence-electron chi connectivity index (χ4n) is 4.12. The Morgan fingerprint density at radius 1 is 1.00 bits per heavy atom. The van der Waals surface area contributed by atoms with Crippen LogP contribution in [0.3, 0.4) is 0 Å². The maximum Gasteiger partial charge on any atom is 0.343 e. The highest BCUT2D eigenvalue weighted by molar-refractivity contribution is 5.98. The van der Waals surface area contributed by atoms with Crippen molar-refractivity contribution in [1.29, 1.82) is 0 Å². The van der Waals surface area contributed by atoms with Gasteiger partial charge in [-0.05, 0) is 24.5 Å². The summed E-state index contributed by atoms with van der Waals surface area (Å²) in [4.78, 5) is 40.7. The van der Waals surface area contributed by atoms with Gasteiger partial charge in [0, 0.05) is 19.3 Å². The lowest BCUT2D eigenvalue weighted by molar-refractivity contribution is 0.0587. The van der Waals surface area contributed by atoms with Crippen molar-refractivity contribution >= 4 is 11.9 Å². The molecular formula is C26H26N2O5. The Morgan fingerprint density at radius 3 is 2.24 bits per heavy atom. The van der Waals surface area contributed by atoms with Gasteiger partial charge >= 0.3 is 5.97 Å². The number of benzene rings is 2. The standard InChI is InChI=1S/C26H26N2O5/c1-3-27-15-20(14-18-10-6-4-7-11-18)28-16-21(26(31)32-2)23(29)24(22(28)25(27)30)33-17-19-12-8-5-9-13-19/h4-13,16,20H,3,14-15,17H2,1-2H3. The molecule has 33 heavy (non-hydrogen) atoms. The number of carbonyl (C=O) groups excluding carboxylic acids is 2. The molecule has 1 aliphatic heterocycles. The van der Waals surface area contributed by atoms with E-state index in [2.05, 4.69) is 0 Å². The lowest BCUT2D eigenvalue weighted by Crippen LogP contribution is -2.45. The quantitative estimate of drug-likeness (QED) is 0.520. The van der Waals surface area contributed by atoms with E-state index in [4.69, 9.17) is 9.47 Å². The zero-order valence-electron chi connectivity index (χ0n) is 18.7. The third-order valence-corrected chi connectivity index (χ3v) is 5.83. The number of likely N-dealkylation sites (N-methyl/N-ethyl adjacent to an activating group) is 1. The molecule has 3 aromatic rings. The van der Waals surface area contributed by atoms with Crippen molar-refractivity contribution in [1.82, 2.24) is 9.47 Å². The highest BCUT2D eigenvalue weighted by Gasteiger charge is 2.36. The number of rotatable bonds is 7. The normalized spacial score (nSPS) is 15.2. The van der Waals surface area contributed by atoms with Crippen LogP contribution in [-0.2, 0) is 17.8 Å². The van der Waals surface area contributed by atoms with Crippen LogP contribution in [0.1, 0.15) is 44.9 Å². The largest absolute Gasteiger partial charge is 0.483 e. The molecule has 0 radical (unpaired) electrons. The van der Waals surface area contributed by atoms with E-state index < -0.39 is 11.4 Å². The summed E-state index contributed by atoms with van der Waals surface area (Å²) in [6.45, 7) is 2.95. The fourth-order valence-corrected chi connectivity index (χ4v) is 4.12. The molecule has 0 saturated heterocycles. The average Bonchev–Trinajstić information content (AvgIpc) is 2.85. The molecule has 7 nitrogen and oxygen atoms in total. The maximum atomic E-state index is 13.4. The average molecular weight is 447 g/mol. The van der Waals surface area contributed by atoms with Crippen LogP contribution in [0.25, 0.3) is 0 Å². The van der Waals surface area contributed by atoms with Gasteiger partial charge in [0.2, 0.25) is 5.43 Å². The number of aromatic nitrogens is 1. The molecule has 1 unspecified atom stereocenters. The molecule has 1 amide bonds. The second-order valence-electron chi connectivity index (χ2n) is 7.91. The van der Waals surface area contributed by atoms with Crippen LogP contribution in [0.4, 0.5) is 0 Å². The van der Waals surface area contributed by atoms with Crippen LogP contribution in [-0.4, -0.2) is 41.5 Å². The number of amides is 1. The molecule has 1 aromatic heterocycles.